The summed E-state index contributed by atoms with van der Waals surface area (Å²) in [7, 11) is 0. The van der Waals surface area contributed by atoms with Crippen molar-refractivity contribution in [2.24, 2.45) is 0 Å². The van der Waals surface area contributed by atoms with Crippen molar-refractivity contribution in [2.75, 3.05) is 0 Å². The minimum Gasteiger partial charge on any atom is -0.423 e. The molecule has 2 nitrogen and oxygen atoms in total. The standard InChI is InChI=1S/C18H15FO2S/c1-11-7-16-13(9-18(20)21-17(16)8-12(11)2)10-22-15-5-3-14(19)4-6-15/h3-9H,10H2,1-2H3. The van der Waals surface area contributed by atoms with Gasteiger partial charge in [-0.2, -0.15) is 0 Å². The van der Waals surface area contributed by atoms with E-state index in [2.05, 4.69) is 0 Å². The van der Waals surface area contributed by atoms with Gasteiger partial charge in [-0.1, -0.05) is 0 Å². The van der Waals surface area contributed by atoms with Crippen molar-refractivity contribution in [3.05, 3.63) is 75.4 Å². The number of thioether (sulfide) groups is 1. The Hall–Kier alpha value is -2.07. The van der Waals surface area contributed by atoms with Crippen LogP contribution in [0.15, 0.2) is 56.6 Å². The van der Waals surface area contributed by atoms with Gasteiger partial charge in [-0.05, 0) is 66.9 Å². The summed E-state index contributed by atoms with van der Waals surface area (Å²) < 4.78 is 18.2. The van der Waals surface area contributed by atoms with Crippen molar-refractivity contribution in [2.45, 2.75) is 24.5 Å². The third kappa shape index (κ3) is 3.07. The highest BCUT2D eigenvalue weighted by molar-refractivity contribution is 7.98. The van der Waals surface area contributed by atoms with Gasteiger partial charge in [0.05, 0.1) is 0 Å². The second-order valence-electron chi connectivity index (χ2n) is 5.27. The van der Waals surface area contributed by atoms with E-state index in [-0.39, 0.29) is 11.4 Å². The maximum absolute atomic E-state index is 12.9. The fourth-order valence-electron chi connectivity index (χ4n) is 2.29. The van der Waals surface area contributed by atoms with Gasteiger partial charge in [-0.25, -0.2) is 9.18 Å². The molecule has 0 bridgehead atoms. The van der Waals surface area contributed by atoms with Crippen LogP contribution in [0.1, 0.15) is 16.7 Å². The quantitative estimate of drug-likeness (QED) is 0.512. The average molecular weight is 314 g/mol. The van der Waals surface area contributed by atoms with E-state index in [1.54, 1.807) is 23.9 Å². The normalized spacial score (nSPS) is 11.0. The third-order valence-electron chi connectivity index (χ3n) is 3.65. The number of benzene rings is 2. The molecule has 112 valence electrons. The van der Waals surface area contributed by atoms with Gasteiger partial charge in [-0.15, -0.1) is 11.8 Å². The highest BCUT2D eigenvalue weighted by atomic mass is 32.2. The van der Waals surface area contributed by atoms with Gasteiger partial charge < -0.3 is 4.42 Å². The molecule has 0 radical (unpaired) electrons. The van der Waals surface area contributed by atoms with Crippen LogP contribution in [-0.4, -0.2) is 0 Å². The summed E-state index contributed by atoms with van der Waals surface area (Å²) in [5.74, 6) is 0.386. The van der Waals surface area contributed by atoms with Crippen LogP contribution >= 0.6 is 11.8 Å². The number of halogens is 1. The number of hydrogen-bond acceptors (Lipinski definition) is 3. The van der Waals surface area contributed by atoms with Gasteiger partial charge in [0.1, 0.15) is 11.4 Å². The maximum atomic E-state index is 12.9. The second-order valence-corrected chi connectivity index (χ2v) is 6.31. The lowest BCUT2D eigenvalue weighted by Crippen LogP contribution is -2.00. The van der Waals surface area contributed by atoms with Crippen LogP contribution in [0.2, 0.25) is 0 Å². The lowest BCUT2D eigenvalue weighted by molar-refractivity contribution is 0.559. The van der Waals surface area contributed by atoms with Crippen molar-refractivity contribution in [3.8, 4) is 0 Å². The lowest BCUT2D eigenvalue weighted by atomic mass is 10.0. The van der Waals surface area contributed by atoms with E-state index >= 15 is 0 Å². The Morgan fingerprint density at radius 2 is 1.73 bits per heavy atom. The summed E-state index contributed by atoms with van der Waals surface area (Å²) in [5, 5.41) is 0.956. The second kappa shape index (κ2) is 5.97. The van der Waals surface area contributed by atoms with Crippen molar-refractivity contribution >= 4 is 22.7 Å². The van der Waals surface area contributed by atoms with Gasteiger partial charge in [-0.3, -0.25) is 0 Å². The van der Waals surface area contributed by atoms with Gasteiger partial charge in [0.2, 0.25) is 0 Å². The number of rotatable bonds is 3. The third-order valence-corrected chi connectivity index (χ3v) is 4.71. The monoisotopic (exact) mass is 314 g/mol. The highest BCUT2D eigenvalue weighted by Gasteiger charge is 2.08. The number of aryl methyl sites for hydroxylation is 2. The largest absolute Gasteiger partial charge is 0.423 e. The Bertz CT molecular complexity index is 882. The van der Waals surface area contributed by atoms with Crippen LogP contribution < -0.4 is 5.63 Å². The van der Waals surface area contributed by atoms with Crippen LogP contribution in [0, 0.1) is 19.7 Å². The Balaban J connectivity index is 1.97. The minimum atomic E-state index is -0.342. The molecule has 0 unspecified atom stereocenters. The van der Waals surface area contributed by atoms with Crippen molar-refractivity contribution in [1.82, 2.24) is 0 Å². The fraction of sp³-hybridized carbons (Fsp3) is 0.167. The first kappa shape index (κ1) is 14.9. The highest BCUT2D eigenvalue weighted by Crippen LogP contribution is 2.28. The molecule has 0 saturated carbocycles. The number of hydrogen-bond donors (Lipinski definition) is 0. The van der Waals surface area contributed by atoms with E-state index < -0.39 is 0 Å². The molecule has 0 aliphatic carbocycles. The molecule has 0 saturated heterocycles. The molecule has 0 atom stereocenters. The Morgan fingerprint density at radius 1 is 1.05 bits per heavy atom. The summed E-state index contributed by atoms with van der Waals surface area (Å²) in [6.45, 7) is 4.03. The molecular weight excluding hydrogens is 299 g/mol. The summed E-state index contributed by atoms with van der Waals surface area (Å²) in [6.07, 6.45) is 0. The predicted molar refractivity (Wildman–Crippen MR) is 87.9 cm³/mol. The zero-order valence-electron chi connectivity index (χ0n) is 12.4. The van der Waals surface area contributed by atoms with Crippen LogP contribution in [0.25, 0.3) is 11.0 Å². The number of fused-ring (bicyclic) bond motifs is 1. The molecule has 0 fully saturated rings. The topological polar surface area (TPSA) is 30.2 Å². The average Bonchev–Trinajstić information content (AvgIpc) is 2.48. The first-order valence-electron chi connectivity index (χ1n) is 6.95. The molecule has 0 spiro atoms. The van der Waals surface area contributed by atoms with E-state index in [1.165, 1.54) is 18.2 Å². The first-order chi connectivity index (χ1) is 10.5. The van der Waals surface area contributed by atoms with Gasteiger partial charge >= 0.3 is 5.63 Å². The molecule has 1 aromatic heterocycles. The molecular formula is C18H15FO2S. The van der Waals surface area contributed by atoms with Gasteiger partial charge in [0, 0.05) is 22.1 Å². The smallest absolute Gasteiger partial charge is 0.336 e. The lowest BCUT2D eigenvalue weighted by Gasteiger charge is -2.08. The van der Waals surface area contributed by atoms with E-state index in [0.29, 0.717) is 11.3 Å². The molecule has 0 aliphatic rings. The van der Waals surface area contributed by atoms with Crippen LogP contribution in [0.3, 0.4) is 0 Å². The Kier molecular flexibility index (Phi) is 4.03. The van der Waals surface area contributed by atoms with Crippen LogP contribution in [0.5, 0.6) is 0 Å². The van der Waals surface area contributed by atoms with E-state index in [0.717, 1.165) is 27.0 Å². The molecule has 0 N–H and O–H groups in total. The molecule has 0 amide bonds. The molecule has 3 rings (SSSR count). The predicted octanol–water partition coefficient (Wildman–Crippen LogP) is 4.84. The molecule has 4 heteroatoms. The summed E-state index contributed by atoms with van der Waals surface area (Å²) in [5.41, 5.74) is 3.47. The Morgan fingerprint density at radius 3 is 2.45 bits per heavy atom. The molecule has 1 heterocycles. The van der Waals surface area contributed by atoms with E-state index in [4.69, 9.17) is 4.42 Å². The van der Waals surface area contributed by atoms with Crippen molar-refractivity contribution in [1.29, 1.82) is 0 Å². The van der Waals surface area contributed by atoms with Crippen LogP contribution in [-0.2, 0) is 5.75 Å². The zero-order chi connectivity index (χ0) is 15.7. The van der Waals surface area contributed by atoms with Crippen molar-refractivity contribution in [3.63, 3.8) is 0 Å². The Labute approximate surface area is 132 Å². The van der Waals surface area contributed by atoms with Gasteiger partial charge in [0.25, 0.3) is 0 Å². The van der Waals surface area contributed by atoms with E-state index in [9.17, 15) is 9.18 Å². The summed E-state index contributed by atoms with van der Waals surface area (Å²) in [6, 6.07) is 11.8. The maximum Gasteiger partial charge on any atom is 0.336 e. The molecule has 22 heavy (non-hydrogen) atoms. The molecule has 2 aromatic carbocycles. The van der Waals surface area contributed by atoms with Crippen LogP contribution in [0.4, 0.5) is 4.39 Å². The van der Waals surface area contributed by atoms with Crippen molar-refractivity contribution < 1.29 is 8.81 Å². The molecule has 3 aromatic rings. The molecule has 0 aliphatic heterocycles. The fourth-order valence-corrected chi connectivity index (χ4v) is 3.18. The minimum absolute atomic E-state index is 0.249. The SMILES string of the molecule is Cc1cc2oc(=O)cc(CSc3ccc(F)cc3)c2cc1C. The first-order valence-corrected chi connectivity index (χ1v) is 7.94. The summed E-state index contributed by atoms with van der Waals surface area (Å²) >= 11 is 1.57. The zero-order valence-corrected chi connectivity index (χ0v) is 13.2. The summed E-state index contributed by atoms with van der Waals surface area (Å²) in [4.78, 5) is 12.7. The van der Waals surface area contributed by atoms with Gasteiger partial charge in [0.15, 0.2) is 0 Å². The van der Waals surface area contributed by atoms with E-state index in [1.807, 2.05) is 26.0 Å².